The van der Waals surface area contributed by atoms with Gasteiger partial charge in [0.25, 0.3) is 6.33 Å². The predicted molar refractivity (Wildman–Crippen MR) is 252 cm³/mol. The van der Waals surface area contributed by atoms with E-state index < -0.39 is 0 Å². The van der Waals surface area contributed by atoms with Crippen LogP contribution in [0.15, 0.2) is 140 Å². The number of para-hydroxylation sites is 1. The minimum atomic E-state index is -0.0702. The van der Waals surface area contributed by atoms with E-state index in [1.165, 1.54) is 16.7 Å². The maximum atomic E-state index is 6.67. The van der Waals surface area contributed by atoms with Gasteiger partial charge < -0.3 is 13.9 Å². The quantitative estimate of drug-likeness (QED) is 0.118. The summed E-state index contributed by atoms with van der Waals surface area (Å²) in [5, 5.41) is 7.61. The molecule has 0 aliphatic heterocycles. The molecule has 0 fully saturated rings. The second-order valence-corrected chi connectivity index (χ2v) is 19.4. The molecule has 0 aliphatic rings. The first-order chi connectivity index (χ1) is 29.5. The van der Waals surface area contributed by atoms with E-state index in [0.717, 1.165) is 67.1 Å². The van der Waals surface area contributed by atoms with Crippen LogP contribution in [0.4, 0.5) is 0 Å². The first-order valence-corrected chi connectivity index (χ1v) is 21.4. The van der Waals surface area contributed by atoms with Crippen molar-refractivity contribution in [2.45, 2.75) is 85.5 Å². The number of benzene rings is 6. The number of nitrogens with zero attached hydrogens (tertiary/aromatic N) is 5. The molecule has 6 aromatic carbocycles. The van der Waals surface area contributed by atoms with E-state index in [0.29, 0.717) is 11.5 Å². The van der Waals surface area contributed by atoms with E-state index in [2.05, 4.69) is 195 Å². The summed E-state index contributed by atoms with van der Waals surface area (Å²) in [6.07, 6.45) is 5.56. The van der Waals surface area contributed by atoms with Gasteiger partial charge in [-0.05, 0) is 80.1 Å². The van der Waals surface area contributed by atoms with Crippen LogP contribution in [-0.4, -0.2) is 19.2 Å². The van der Waals surface area contributed by atoms with Crippen molar-refractivity contribution in [2.75, 3.05) is 0 Å². The Morgan fingerprint density at radius 1 is 0.603 bits per heavy atom. The molecule has 0 saturated heterocycles. The molecule has 9 aromatic rings. The maximum absolute atomic E-state index is 6.67. The first-order valence-electron chi connectivity index (χ1n) is 21.4. The largest absolute Gasteiger partial charge is 0.510 e. The van der Waals surface area contributed by atoms with E-state index in [1.807, 2.05) is 45.8 Å². The van der Waals surface area contributed by atoms with Gasteiger partial charge in [-0.3, -0.25) is 0 Å². The molecule has 3 aromatic heterocycles. The van der Waals surface area contributed by atoms with E-state index in [4.69, 9.17) is 14.8 Å². The molecular formula is C56H53N5OPt-2. The zero-order chi connectivity index (χ0) is 43.6. The van der Waals surface area contributed by atoms with Crippen LogP contribution < -0.4 is 9.42 Å². The number of hydrogen-bond donors (Lipinski definition) is 0. The summed E-state index contributed by atoms with van der Waals surface area (Å²) in [4.78, 5) is 4.86. The van der Waals surface area contributed by atoms with Gasteiger partial charge in [0.05, 0.1) is 5.69 Å². The van der Waals surface area contributed by atoms with Crippen LogP contribution in [0.1, 0.15) is 84.6 Å². The number of rotatable bonds is 7. The number of fused-ring (bicyclic) bond motifs is 3. The normalized spacial score (nSPS) is 12.2. The molecule has 0 N–H and O–H groups in total. The minimum Gasteiger partial charge on any atom is -0.510 e. The third kappa shape index (κ3) is 8.54. The molecule has 0 bridgehead atoms. The molecule has 320 valence electrons. The van der Waals surface area contributed by atoms with Crippen LogP contribution in [0.3, 0.4) is 0 Å². The van der Waals surface area contributed by atoms with Gasteiger partial charge in [0, 0.05) is 49.8 Å². The van der Waals surface area contributed by atoms with Gasteiger partial charge in [0.2, 0.25) is 0 Å². The average Bonchev–Trinajstić information content (AvgIpc) is 3.83. The second-order valence-electron chi connectivity index (χ2n) is 19.4. The van der Waals surface area contributed by atoms with Crippen molar-refractivity contribution >= 4 is 21.8 Å². The van der Waals surface area contributed by atoms with Gasteiger partial charge in [-0.2, -0.15) is 22.9 Å². The summed E-state index contributed by atoms with van der Waals surface area (Å²) < 4.78 is 12.8. The second kappa shape index (κ2) is 16.5. The number of ether oxygens (including phenoxy) is 1. The number of hydrogen-bond acceptors (Lipinski definition) is 3. The standard InChI is InChI=1S/C56H53N5O.Pt/c1-37-18-16-24-46(38-19-12-11-13-20-38)52(37)53-58-60(43-31-40(55(5,6)7)30-41(32-43)56(8,9)10)36-59(53)42-21-17-22-44(34-42)62-45-26-27-48-47-23-14-15-25-49(47)61(50(48)35-45)51-33-39(28-29-57-51)54(2,3)4;/h11-33H,1-10H3;/q-2;. The first kappa shape index (κ1) is 43.5. The summed E-state index contributed by atoms with van der Waals surface area (Å²) in [6, 6.07) is 53.7. The summed E-state index contributed by atoms with van der Waals surface area (Å²) in [5.74, 6) is 2.71. The van der Waals surface area contributed by atoms with Crippen LogP contribution in [0.2, 0.25) is 0 Å². The van der Waals surface area contributed by atoms with Crippen molar-refractivity contribution in [3.05, 3.63) is 180 Å². The topological polar surface area (TPSA) is 48.8 Å². The Kier molecular flexibility index (Phi) is 11.4. The smallest absolute Gasteiger partial charge is 0.272 e. The number of aromatic nitrogens is 5. The van der Waals surface area contributed by atoms with Crippen molar-refractivity contribution in [1.82, 2.24) is 19.2 Å². The molecule has 0 spiro atoms. The molecule has 0 atom stereocenters. The number of pyridine rings is 1. The fourth-order valence-corrected chi connectivity index (χ4v) is 8.09. The Balaban J connectivity index is 0.00000544. The fourth-order valence-electron chi connectivity index (χ4n) is 8.09. The fraction of sp³-hybridized carbons (Fsp3) is 0.232. The third-order valence-corrected chi connectivity index (χ3v) is 11.7. The van der Waals surface area contributed by atoms with Gasteiger partial charge in [0.1, 0.15) is 5.82 Å². The van der Waals surface area contributed by atoms with Gasteiger partial charge in [-0.15, -0.1) is 34.8 Å². The summed E-state index contributed by atoms with van der Waals surface area (Å²) >= 11 is 0. The van der Waals surface area contributed by atoms with Gasteiger partial charge in [0.15, 0.2) is 5.82 Å². The molecule has 0 aliphatic carbocycles. The Morgan fingerprint density at radius 2 is 1.27 bits per heavy atom. The van der Waals surface area contributed by atoms with Crippen molar-refractivity contribution in [3.8, 4) is 51.2 Å². The molecule has 6 nitrogen and oxygen atoms in total. The van der Waals surface area contributed by atoms with Crippen molar-refractivity contribution in [3.63, 3.8) is 0 Å². The molecule has 0 amide bonds. The van der Waals surface area contributed by atoms with E-state index in [-0.39, 0.29) is 37.3 Å². The minimum absolute atomic E-state index is 0. The SMILES string of the molecule is Cc1cccc(-c2ccccc2)c1-c1n[n+](-c2cc(C(C)(C)C)cc(C(C)(C)C)c2)[c-]n1-c1[c-]c(Oc2[c-]c3c(cc2)c2ccccc2n3-c2cc(C(C)(C)C)ccn2)ccc1.[Pt]. The predicted octanol–water partition coefficient (Wildman–Crippen LogP) is 13.4. The monoisotopic (exact) mass is 1010 g/mol. The zero-order valence-electron chi connectivity index (χ0n) is 37.7. The molecule has 0 radical (unpaired) electrons. The van der Waals surface area contributed by atoms with Crippen LogP contribution in [0, 0.1) is 25.4 Å². The Morgan fingerprint density at radius 3 is 1.98 bits per heavy atom. The molecule has 3 heterocycles. The summed E-state index contributed by atoms with van der Waals surface area (Å²) in [7, 11) is 0. The summed E-state index contributed by atoms with van der Waals surface area (Å²) in [5.41, 5.74) is 11.5. The molecule has 63 heavy (non-hydrogen) atoms. The van der Waals surface area contributed by atoms with E-state index >= 15 is 0 Å². The van der Waals surface area contributed by atoms with Crippen LogP contribution in [0.25, 0.3) is 61.5 Å². The van der Waals surface area contributed by atoms with E-state index in [1.54, 1.807) is 0 Å². The summed E-state index contributed by atoms with van der Waals surface area (Å²) in [6.45, 7) is 22.4. The maximum Gasteiger partial charge on any atom is 0.272 e. The Labute approximate surface area is 386 Å². The number of aryl methyl sites for hydroxylation is 1. The molecule has 7 heteroatoms. The van der Waals surface area contributed by atoms with E-state index in [9.17, 15) is 0 Å². The molecule has 0 saturated carbocycles. The Hall–Kier alpha value is -6.10. The average molecular weight is 1010 g/mol. The zero-order valence-corrected chi connectivity index (χ0v) is 40.0. The van der Waals surface area contributed by atoms with Crippen LogP contribution in [-0.2, 0) is 37.3 Å². The third-order valence-electron chi connectivity index (χ3n) is 11.7. The Bertz CT molecular complexity index is 3090. The van der Waals surface area contributed by atoms with Gasteiger partial charge >= 0.3 is 0 Å². The van der Waals surface area contributed by atoms with Crippen LogP contribution >= 0.6 is 0 Å². The van der Waals surface area contributed by atoms with Crippen LogP contribution in [0.5, 0.6) is 11.5 Å². The molecule has 9 rings (SSSR count). The van der Waals surface area contributed by atoms with Gasteiger partial charge in [-0.1, -0.05) is 158 Å². The molecular weight excluding hydrogens is 954 g/mol. The van der Waals surface area contributed by atoms with Crippen molar-refractivity contribution in [2.24, 2.45) is 0 Å². The van der Waals surface area contributed by atoms with Crippen molar-refractivity contribution in [1.29, 1.82) is 0 Å². The van der Waals surface area contributed by atoms with Crippen molar-refractivity contribution < 1.29 is 30.5 Å². The molecule has 0 unspecified atom stereocenters. The van der Waals surface area contributed by atoms with Gasteiger partial charge in [-0.25, -0.2) is 4.98 Å².